The van der Waals surface area contributed by atoms with Gasteiger partial charge in [0.1, 0.15) is 0 Å². The lowest BCUT2D eigenvalue weighted by Crippen LogP contribution is -2.26. The van der Waals surface area contributed by atoms with E-state index in [9.17, 15) is 9.59 Å². The lowest BCUT2D eigenvalue weighted by Gasteiger charge is -2.03. The van der Waals surface area contributed by atoms with Crippen LogP contribution in [0.4, 0.5) is 0 Å². The highest BCUT2D eigenvalue weighted by Crippen LogP contribution is 2.13. The molecule has 3 N–H and O–H groups in total. The Labute approximate surface area is 96.7 Å². The van der Waals surface area contributed by atoms with E-state index in [0.29, 0.717) is 31.7 Å². The fourth-order valence-electron chi connectivity index (χ4n) is 1.15. The summed E-state index contributed by atoms with van der Waals surface area (Å²) in [5.41, 5.74) is 2.24. The molecule has 1 aromatic rings. The van der Waals surface area contributed by atoms with Crippen LogP contribution in [-0.2, 0) is 22.6 Å². The summed E-state index contributed by atoms with van der Waals surface area (Å²) >= 11 is 1.43. The van der Waals surface area contributed by atoms with Gasteiger partial charge in [0.15, 0.2) is 0 Å². The van der Waals surface area contributed by atoms with E-state index in [1.54, 1.807) is 5.51 Å². The molecule has 1 rings (SSSR count). The van der Waals surface area contributed by atoms with Gasteiger partial charge in [-0.3, -0.25) is 9.59 Å². The highest BCUT2D eigenvalue weighted by atomic mass is 32.1. The molecule has 0 saturated carbocycles. The smallest absolute Gasteiger partial charge is 0.309 e. The van der Waals surface area contributed by atoms with Gasteiger partial charge in [0, 0.05) is 24.5 Å². The fraction of sp³-hybridized carbons (Fsp3) is 0.444. The molecule has 1 heterocycles. The van der Waals surface area contributed by atoms with E-state index in [0.717, 1.165) is 4.88 Å². The van der Waals surface area contributed by atoms with Crippen LogP contribution in [0.15, 0.2) is 5.51 Å². The summed E-state index contributed by atoms with van der Waals surface area (Å²) in [4.78, 5) is 25.4. The predicted molar refractivity (Wildman–Crippen MR) is 59.2 cm³/mol. The minimum Gasteiger partial charge on any atom is -0.481 e. The van der Waals surface area contributed by atoms with Crippen molar-refractivity contribution >= 4 is 23.7 Å². The molecular weight excluding hydrogens is 230 g/mol. The molecule has 0 radical (unpaired) electrons. The molecule has 16 heavy (non-hydrogen) atoms. The van der Waals surface area contributed by atoms with Crippen LogP contribution in [0.5, 0.6) is 0 Å². The second kappa shape index (κ2) is 6.91. The molecule has 0 atom stereocenters. The minimum absolute atomic E-state index is 0.0485. The average Bonchev–Trinajstić information content (AvgIpc) is 2.64. The maximum Gasteiger partial charge on any atom is 0.309 e. The summed E-state index contributed by atoms with van der Waals surface area (Å²) in [6, 6.07) is 0. The van der Waals surface area contributed by atoms with E-state index in [1.807, 2.05) is 0 Å². The Hall–Kier alpha value is -1.47. The molecule has 0 aromatic carbocycles. The molecule has 0 spiro atoms. The molecule has 1 amide bonds. The Morgan fingerprint density at radius 3 is 3.06 bits per heavy atom. The number of nitrogens with zero attached hydrogens (tertiary/aromatic N) is 1. The van der Waals surface area contributed by atoms with Crippen molar-refractivity contribution in [2.24, 2.45) is 0 Å². The Balaban J connectivity index is 2.32. The van der Waals surface area contributed by atoms with Gasteiger partial charge in [0.2, 0.25) is 6.41 Å². The van der Waals surface area contributed by atoms with E-state index in [4.69, 9.17) is 5.11 Å². The van der Waals surface area contributed by atoms with Crippen LogP contribution in [-0.4, -0.2) is 35.6 Å². The number of carbonyl (C=O) groups excluding carboxylic acids is 1. The first kappa shape index (κ1) is 12.6. The molecule has 6 nitrogen and oxygen atoms in total. The number of carbonyl (C=O) groups is 2. The molecule has 0 aliphatic heterocycles. The number of hydrogen-bond acceptors (Lipinski definition) is 5. The van der Waals surface area contributed by atoms with Crippen molar-refractivity contribution < 1.29 is 14.7 Å². The van der Waals surface area contributed by atoms with Gasteiger partial charge in [0.25, 0.3) is 0 Å². The average molecular weight is 243 g/mol. The Morgan fingerprint density at radius 2 is 2.38 bits per heavy atom. The third kappa shape index (κ3) is 4.37. The number of amides is 1. The normalized spacial score (nSPS) is 10.0. The van der Waals surface area contributed by atoms with Crippen molar-refractivity contribution in [2.75, 3.05) is 13.1 Å². The third-order valence-electron chi connectivity index (χ3n) is 1.86. The zero-order valence-electron chi connectivity index (χ0n) is 8.60. The lowest BCUT2D eigenvalue weighted by atomic mass is 10.3. The molecule has 0 bridgehead atoms. The maximum absolute atomic E-state index is 10.5. The van der Waals surface area contributed by atoms with Crippen LogP contribution in [0.3, 0.4) is 0 Å². The number of rotatable bonds is 8. The third-order valence-corrected chi connectivity index (χ3v) is 2.73. The van der Waals surface area contributed by atoms with Crippen molar-refractivity contribution in [3.8, 4) is 0 Å². The molecule has 0 aliphatic carbocycles. The molecule has 7 heteroatoms. The summed E-state index contributed by atoms with van der Waals surface area (Å²) in [5, 5.41) is 14.3. The number of thiazole rings is 1. The van der Waals surface area contributed by atoms with Gasteiger partial charge in [-0.25, -0.2) is 4.98 Å². The van der Waals surface area contributed by atoms with Gasteiger partial charge in [-0.1, -0.05) is 0 Å². The molecule has 0 saturated heterocycles. The first-order chi connectivity index (χ1) is 7.74. The Bertz CT molecular complexity index is 354. The summed E-state index contributed by atoms with van der Waals surface area (Å²) in [7, 11) is 0. The molecule has 0 aliphatic rings. The van der Waals surface area contributed by atoms with Gasteiger partial charge >= 0.3 is 5.97 Å². The van der Waals surface area contributed by atoms with E-state index in [1.165, 1.54) is 11.3 Å². The SMILES string of the molecule is O=CNCCNCc1scnc1CC(=O)O. The van der Waals surface area contributed by atoms with Crippen molar-refractivity contribution in [2.45, 2.75) is 13.0 Å². The second-order valence-electron chi connectivity index (χ2n) is 3.04. The zero-order valence-corrected chi connectivity index (χ0v) is 9.42. The van der Waals surface area contributed by atoms with Gasteiger partial charge in [0.05, 0.1) is 17.6 Å². The van der Waals surface area contributed by atoms with Crippen LogP contribution in [0.25, 0.3) is 0 Å². The van der Waals surface area contributed by atoms with E-state index < -0.39 is 5.97 Å². The van der Waals surface area contributed by atoms with Gasteiger partial charge in [-0.15, -0.1) is 11.3 Å². The van der Waals surface area contributed by atoms with E-state index >= 15 is 0 Å². The molecule has 0 unspecified atom stereocenters. The van der Waals surface area contributed by atoms with Crippen molar-refractivity contribution in [1.29, 1.82) is 0 Å². The Morgan fingerprint density at radius 1 is 1.56 bits per heavy atom. The Kier molecular flexibility index (Phi) is 5.44. The van der Waals surface area contributed by atoms with Crippen molar-refractivity contribution in [1.82, 2.24) is 15.6 Å². The number of aliphatic carboxylic acids is 1. The van der Waals surface area contributed by atoms with Crippen LogP contribution in [0.1, 0.15) is 10.6 Å². The predicted octanol–water partition coefficient (Wildman–Crippen LogP) is -0.394. The highest BCUT2D eigenvalue weighted by molar-refractivity contribution is 7.09. The molecular formula is C9H13N3O3S. The number of aromatic nitrogens is 1. The standard InChI is InChI=1S/C9H13N3O3S/c13-5-11-2-1-10-4-8-7(3-9(14)15)12-6-16-8/h5-6,10H,1-4H2,(H,11,13)(H,14,15). The van der Waals surface area contributed by atoms with E-state index in [2.05, 4.69) is 15.6 Å². The zero-order chi connectivity index (χ0) is 11.8. The first-order valence-electron chi connectivity index (χ1n) is 4.75. The largest absolute Gasteiger partial charge is 0.481 e. The van der Waals surface area contributed by atoms with E-state index in [-0.39, 0.29) is 6.42 Å². The fourth-order valence-corrected chi connectivity index (χ4v) is 1.90. The van der Waals surface area contributed by atoms with Gasteiger partial charge in [-0.2, -0.15) is 0 Å². The van der Waals surface area contributed by atoms with Crippen LogP contribution < -0.4 is 10.6 Å². The molecule has 1 aromatic heterocycles. The molecule has 0 fully saturated rings. The monoisotopic (exact) mass is 243 g/mol. The maximum atomic E-state index is 10.5. The van der Waals surface area contributed by atoms with Gasteiger partial charge in [-0.05, 0) is 0 Å². The lowest BCUT2D eigenvalue weighted by molar-refractivity contribution is -0.136. The topological polar surface area (TPSA) is 91.3 Å². The highest BCUT2D eigenvalue weighted by Gasteiger charge is 2.09. The minimum atomic E-state index is -0.880. The van der Waals surface area contributed by atoms with Crippen LogP contribution in [0.2, 0.25) is 0 Å². The number of nitrogens with one attached hydrogen (secondary N) is 2. The number of carboxylic acids is 1. The summed E-state index contributed by atoms with van der Waals surface area (Å²) in [6.07, 6.45) is 0.595. The summed E-state index contributed by atoms with van der Waals surface area (Å²) in [5.74, 6) is -0.880. The second-order valence-corrected chi connectivity index (χ2v) is 3.98. The summed E-state index contributed by atoms with van der Waals surface area (Å²) in [6.45, 7) is 1.77. The number of carboxylic acid groups (broad SMARTS) is 1. The van der Waals surface area contributed by atoms with Crippen LogP contribution in [0, 0.1) is 0 Å². The van der Waals surface area contributed by atoms with Crippen molar-refractivity contribution in [3.05, 3.63) is 16.1 Å². The van der Waals surface area contributed by atoms with Gasteiger partial charge < -0.3 is 15.7 Å². The number of hydrogen-bond donors (Lipinski definition) is 3. The first-order valence-corrected chi connectivity index (χ1v) is 5.62. The summed E-state index contributed by atoms with van der Waals surface area (Å²) < 4.78 is 0. The quantitative estimate of drug-likeness (QED) is 0.427. The van der Waals surface area contributed by atoms with Crippen molar-refractivity contribution in [3.63, 3.8) is 0 Å². The molecule has 88 valence electrons. The van der Waals surface area contributed by atoms with Crippen LogP contribution >= 0.6 is 11.3 Å².